The number of carboxylic acid groups (broad SMARTS) is 1. The van der Waals surface area contributed by atoms with Gasteiger partial charge in [0.2, 0.25) is 0 Å². The highest BCUT2D eigenvalue weighted by atomic mass is 19.4. The van der Waals surface area contributed by atoms with Gasteiger partial charge in [-0.05, 0) is 0 Å². The van der Waals surface area contributed by atoms with Gasteiger partial charge in [-0.2, -0.15) is 101 Å². The Morgan fingerprint density at radius 1 is 0.400 bits per heavy atom. The third-order valence-electron chi connectivity index (χ3n) is 3.65. The van der Waals surface area contributed by atoms with Crippen molar-refractivity contribution in [3.05, 3.63) is 0 Å². The molecule has 0 rings (SSSR count). The van der Waals surface area contributed by atoms with E-state index in [9.17, 15) is 106 Å². The summed E-state index contributed by atoms with van der Waals surface area (Å²) in [5.41, 5.74) is 0. The van der Waals surface area contributed by atoms with Gasteiger partial charge in [-0.25, -0.2) is 4.79 Å². The third kappa shape index (κ3) is 6.01. The highest BCUT2D eigenvalue weighted by Crippen LogP contribution is 2.59. The van der Waals surface area contributed by atoms with Gasteiger partial charge in [0, 0.05) is 0 Å². The molecule has 3 atom stereocenters. The van der Waals surface area contributed by atoms with Gasteiger partial charge in [-0.15, -0.1) is 0 Å². The van der Waals surface area contributed by atoms with E-state index in [1.54, 1.807) is 0 Å². The van der Waals surface area contributed by atoms with Crippen LogP contribution in [0.15, 0.2) is 0 Å². The lowest BCUT2D eigenvalue weighted by molar-refractivity contribution is -0.578. The largest absolute Gasteiger partial charge is 0.477 e. The average molecular weight is 662 g/mol. The van der Waals surface area contributed by atoms with E-state index in [4.69, 9.17) is 5.11 Å². The maximum Gasteiger partial charge on any atom is 0.462 e. The Morgan fingerprint density at radius 3 is 0.900 bits per heavy atom. The molecule has 0 aliphatic carbocycles. The van der Waals surface area contributed by atoms with E-state index in [1.165, 1.54) is 4.74 Å². The zero-order valence-electron chi connectivity index (χ0n) is 16.8. The second kappa shape index (κ2) is 9.65. The molecular weight excluding hydrogens is 661 g/mol. The predicted octanol–water partition coefficient (Wildman–Crippen LogP) is 6.78. The first-order valence-electron chi connectivity index (χ1n) is 8.00. The molecule has 0 aromatic rings. The number of carbonyl (C=O) groups is 1. The topological polar surface area (TPSA) is 65.0 Å². The molecular formula is C12HF23O5. The number of aliphatic carboxylic acids is 1. The lowest BCUT2D eigenvalue weighted by atomic mass is 10.2. The van der Waals surface area contributed by atoms with Crippen LogP contribution in [0.5, 0.6) is 0 Å². The molecule has 0 aliphatic heterocycles. The maximum atomic E-state index is 14.0. The lowest BCUT2D eigenvalue weighted by Gasteiger charge is -2.42. The van der Waals surface area contributed by atoms with Crippen molar-refractivity contribution >= 4 is 5.97 Å². The molecule has 240 valence electrons. The van der Waals surface area contributed by atoms with Crippen molar-refractivity contribution in [2.24, 2.45) is 0 Å². The fraction of sp³-hybridized carbons (Fsp3) is 0.917. The van der Waals surface area contributed by atoms with Crippen LogP contribution in [0.1, 0.15) is 0 Å². The number of hydrogen-bond donors (Lipinski definition) is 1. The van der Waals surface area contributed by atoms with Gasteiger partial charge < -0.3 is 5.11 Å². The molecule has 0 saturated heterocycles. The summed E-state index contributed by atoms with van der Waals surface area (Å²) < 4.78 is 300. The molecule has 0 amide bonds. The zero-order chi connectivity index (χ0) is 33.2. The van der Waals surface area contributed by atoms with Gasteiger partial charge in [0.25, 0.3) is 0 Å². The smallest absolute Gasteiger partial charge is 0.462 e. The van der Waals surface area contributed by atoms with Crippen molar-refractivity contribution in [1.29, 1.82) is 0 Å². The summed E-state index contributed by atoms with van der Waals surface area (Å²) in [5.74, 6) is -37.4. The fourth-order valence-electron chi connectivity index (χ4n) is 1.68. The molecule has 0 spiro atoms. The Morgan fingerprint density at radius 2 is 0.675 bits per heavy atom. The van der Waals surface area contributed by atoms with E-state index >= 15 is 0 Å². The van der Waals surface area contributed by atoms with Crippen LogP contribution in [0, 0.1) is 0 Å². The summed E-state index contributed by atoms with van der Waals surface area (Å²) in [6.07, 6.45) is -57.8. The molecule has 0 saturated carbocycles. The molecule has 0 radical (unpaired) electrons. The van der Waals surface area contributed by atoms with Gasteiger partial charge in [0.15, 0.2) is 0 Å². The van der Waals surface area contributed by atoms with Crippen molar-refractivity contribution in [3.63, 3.8) is 0 Å². The maximum absolute atomic E-state index is 14.0. The molecule has 0 aromatic carbocycles. The molecule has 1 N–H and O–H groups in total. The molecule has 40 heavy (non-hydrogen) atoms. The third-order valence-corrected chi connectivity index (χ3v) is 3.65. The van der Waals surface area contributed by atoms with Crippen molar-refractivity contribution in [3.8, 4) is 0 Å². The number of rotatable bonds is 10. The highest BCUT2D eigenvalue weighted by Gasteiger charge is 2.88. The zero-order valence-corrected chi connectivity index (χ0v) is 16.8. The van der Waals surface area contributed by atoms with Gasteiger partial charge in [-0.1, -0.05) is 0 Å². The van der Waals surface area contributed by atoms with E-state index in [0.29, 0.717) is 0 Å². The van der Waals surface area contributed by atoms with Crippen LogP contribution >= 0.6 is 0 Å². The van der Waals surface area contributed by atoms with Crippen LogP contribution in [0.3, 0.4) is 0 Å². The summed E-state index contributed by atoms with van der Waals surface area (Å²) in [4.78, 5) is 10.2. The summed E-state index contributed by atoms with van der Waals surface area (Å²) in [7, 11) is 0. The minimum absolute atomic E-state index is 0.973. The van der Waals surface area contributed by atoms with Crippen LogP contribution < -0.4 is 0 Å². The molecule has 0 bridgehead atoms. The number of hydrogen-bond acceptors (Lipinski definition) is 4. The van der Waals surface area contributed by atoms with E-state index in [0.717, 1.165) is 9.47 Å². The summed E-state index contributed by atoms with van der Waals surface area (Å²) in [6.45, 7) is 0. The number of ether oxygens (including phenoxy) is 3. The van der Waals surface area contributed by atoms with Crippen molar-refractivity contribution in [2.45, 2.75) is 66.5 Å². The standard InChI is InChI=1S/C12HF23O5/c13-2(1(36)37,6(18,19)20)38-11(32,33)4(16,8(24,25)26)40-12(34,35)5(17,9(27,28)29)39-10(30,31)3(14,15)7(21,22)23/h(H,36,37)/t2-,4-,5+/m1/s1. The summed E-state index contributed by atoms with van der Waals surface area (Å²) in [6, 6.07) is 0. The van der Waals surface area contributed by atoms with Crippen molar-refractivity contribution < 1.29 is 125 Å². The van der Waals surface area contributed by atoms with Crippen LogP contribution in [0.25, 0.3) is 0 Å². The first-order valence-corrected chi connectivity index (χ1v) is 8.00. The lowest BCUT2D eigenvalue weighted by Crippen LogP contribution is -2.70. The number of carboxylic acids is 1. The Balaban J connectivity index is 7.24. The van der Waals surface area contributed by atoms with Crippen molar-refractivity contribution in [1.82, 2.24) is 0 Å². The molecule has 0 unspecified atom stereocenters. The van der Waals surface area contributed by atoms with E-state index < -0.39 is 72.5 Å². The molecule has 5 nitrogen and oxygen atoms in total. The van der Waals surface area contributed by atoms with Crippen molar-refractivity contribution in [2.75, 3.05) is 0 Å². The van der Waals surface area contributed by atoms with Crippen LogP contribution in [-0.2, 0) is 19.0 Å². The Labute approximate surface area is 199 Å². The van der Waals surface area contributed by atoms with Crippen LogP contribution in [0.2, 0.25) is 0 Å². The SMILES string of the molecule is O=C(O)[C@@](F)(OC(F)(F)[C@](F)(OC(F)(F)[C@@](F)(OC(F)(F)C(F)(F)C(F)(F)F)C(F)(F)F)C(F)(F)F)C(F)(F)F. The molecule has 28 heteroatoms. The van der Waals surface area contributed by atoms with Gasteiger partial charge in [-0.3, -0.25) is 14.2 Å². The molecule has 0 aromatic heterocycles. The van der Waals surface area contributed by atoms with E-state index in [2.05, 4.69) is 0 Å². The van der Waals surface area contributed by atoms with Gasteiger partial charge in [0.05, 0.1) is 0 Å². The second-order valence-corrected chi connectivity index (χ2v) is 6.51. The van der Waals surface area contributed by atoms with Crippen LogP contribution in [0.4, 0.5) is 101 Å². The van der Waals surface area contributed by atoms with E-state index in [1.807, 2.05) is 0 Å². The normalized spacial score (nSPS) is 20.0. The Kier molecular flexibility index (Phi) is 9.10. The Hall–Kier alpha value is -2.26. The van der Waals surface area contributed by atoms with Crippen LogP contribution in [-0.4, -0.2) is 77.6 Å². The predicted molar refractivity (Wildman–Crippen MR) is 66.4 cm³/mol. The fourth-order valence-corrected chi connectivity index (χ4v) is 1.68. The number of alkyl halides is 23. The number of halogens is 23. The quantitative estimate of drug-likeness (QED) is 0.262. The second-order valence-electron chi connectivity index (χ2n) is 6.51. The average Bonchev–Trinajstić information content (AvgIpc) is 2.62. The monoisotopic (exact) mass is 662 g/mol. The molecule has 0 heterocycles. The van der Waals surface area contributed by atoms with Gasteiger partial charge in [0.1, 0.15) is 0 Å². The molecule has 0 aliphatic rings. The van der Waals surface area contributed by atoms with E-state index in [-0.39, 0.29) is 0 Å². The molecule has 0 fully saturated rings. The Bertz CT molecular complexity index is 930. The first kappa shape index (κ1) is 37.7. The highest BCUT2D eigenvalue weighted by molar-refractivity contribution is 5.76. The summed E-state index contributed by atoms with van der Waals surface area (Å²) >= 11 is 0. The minimum Gasteiger partial charge on any atom is -0.477 e. The summed E-state index contributed by atoms with van der Waals surface area (Å²) in [5, 5.41) is 7.92. The minimum atomic E-state index is -8.77. The van der Waals surface area contributed by atoms with Gasteiger partial charge >= 0.3 is 72.5 Å². The first-order chi connectivity index (χ1) is 16.8.